The smallest absolute Gasteiger partial charge is 0.355 e. The van der Waals surface area contributed by atoms with Gasteiger partial charge in [0.2, 0.25) is 0 Å². The Morgan fingerprint density at radius 1 is 1.23 bits per heavy atom. The highest BCUT2D eigenvalue weighted by Gasteiger charge is 2.16. The first kappa shape index (κ1) is 17.9. The lowest BCUT2D eigenvalue weighted by molar-refractivity contribution is 0.0462. The summed E-state index contributed by atoms with van der Waals surface area (Å²) in [6.07, 6.45) is 1.56. The molecular weight excluding hydrogens is 358 g/mol. The van der Waals surface area contributed by atoms with Crippen molar-refractivity contribution in [2.75, 3.05) is 0 Å². The number of nitrogens with zero attached hydrogens (tertiary/aromatic N) is 1. The molecule has 0 aliphatic rings. The minimum atomic E-state index is -0.598. The van der Waals surface area contributed by atoms with E-state index in [-0.39, 0.29) is 18.1 Å². The molecule has 0 aliphatic heterocycles. The second-order valence-corrected chi connectivity index (χ2v) is 6.45. The Bertz CT molecular complexity index is 1090. The normalized spacial score (nSPS) is 10.9. The van der Waals surface area contributed by atoms with Gasteiger partial charge in [-0.3, -0.25) is 4.79 Å². The Labute approximate surface area is 153 Å². The molecule has 0 saturated carbocycles. The SMILES string of the molecule is CC(=O)c1cc(C(=O)OCc2cc(=O)oc3cc(C)c(Cl)cc23)n(C)c1. The topological polar surface area (TPSA) is 78.5 Å². The van der Waals surface area contributed by atoms with Gasteiger partial charge in [0, 0.05) is 40.8 Å². The summed E-state index contributed by atoms with van der Waals surface area (Å²) < 4.78 is 12.0. The molecule has 6 nitrogen and oxygen atoms in total. The summed E-state index contributed by atoms with van der Waals surface area (Å²) in [7, 11) is 1.65. The molecule has 0 N–H and O–H groups in total. The van der Waals surface area contributed by atoms with Gasteiger partial charge in [0.05, 0.1) is 0 Å². The standard InChI is InChI=1S/C19H16ClNO5/c1-10-4-17-14(7-15(10)20)13(6-18(23)26-17)9-25-19(24)16-5-12(11(2)22)8-21(16)3/h4-8H,9H2,1-3H3. The first-order valence-corrected chi connectivity index (χ1v) is 8.21. The number of hydrogen-bond donors (Lipinski definition) is 0. The largest absolute Gasteiger partial charge is 0.456 e. The molecule has 0 aliphatic carbocycles. The minimum Gasteiger partial charge on any atom is -0.456 e. The number of rotatable bonds is 4. The molecule has 0 amide bonds. The molecule has 3 aromatic rings. The Hall–Kier alpha value is -2.86. The van der Waals surface area contributed by atoms with E-state index >= 15 is 0 Å². The van der Waals surface area contributed by atoms with Gasteiger partial charge in [-0.2, -0.15) is 0 Å². The van der Waals surface area contributed by atoms with E-state index in [1.54, 1.807) is 32.3 Å². The summed E-state index contributed by atoms with van der Waals surface area (Å²) in [4.78, 5) is 35.5. The molecule has 0 atom stereocenters. The summed E-state index contributed by atoms with van der Waals surface area (Å²) in [5, 5.41) is 1.12. The van der Waals surface area contributed by atoms with Crippen LogP contribution in [0.2, 0.25) is 5.02 Å². The van der Waals surface area contributed by atoms with Crippen LogP contribution in [0, 0.1) is 6.92 Å². The van der Waals surface area contributed by atoms with Crippen LogP contribution in [0.1, 0.15) is 38.9 Å². The van der Waals surface area contributed by atoms with E-state index in [0.717, 1.165) is 5.56 Å². The molecule has 0 fully saturated rings. The number of aromatic nitrogens is 1. The lowest BCUT2D eigenvalue weighted by Crippen LogP contribution is -2.11. The zero-order valence-corrected chi connectivity index (χ0v) is 15.2. The lowest BCUT2D eigenvalue weighted by Gasteiger charge is -2.09. The van der Waals surface area contributed by atoms with Crippen molar-refractivity contribution in [1.29, 1.82) is 0 Å². The second kappa shape index (κ2) is 6.80. The van der Waals surface area contributed by atoms with Crippen LogP contribution in [0.25, 0.3) is 11.0 Å². The average Bonchev–Trinajstić information content (AvgIpc) is 2.96. The van der Waals surface area contributed by atoms with Crippen molar-refractivity contribution in [2.24, 2.45) is 7.05 Å². The summed E-state index contributed by atoms with van der Waals surface area (Å²) in [5.41, 5.74) is 1.78. The number of carbonyl (C=O) groups is 2. The number of aryl methyl sites for hydroxylation is 2. The van der Waals surface area contributed by atoms with Crippen LogP contribution in [0.15, 0.2) is 39.7 Å². The number of hydrogen-bond acceptors (Lipinski definition) is 5. The monoisotopic (exact) mass is 373 g/mol. The fourth-order valence-corrected chi connectivity index (χ4v) is 2.81. The zero-order chi connectivity index (χ0) is 19.0. The number of fused-ring (bicyclic) bond motifs is 1. The van der Waals surface area contributed by atoms with Gasteiger partial charge in [0.25, 0.3) is 0 Å². The van der Waals surface area contributed by atoms with Crippen LogP contribution in [-0.2, 0) is 18.4 Å². The predicted molar refractivity (Wildman–Crippen MR) is 96.8 cm³/mol. The highest BCUT2D eigenvalue weighted by Crippen LogP contribution is 2.25. The zero-order valence-electron chi connectivity index (χ0n) is 14.5. The Morgan fingerprint density at radius 3 is 2.62 bits per heavy atom. The number of halogens is 1. The third kappa shape index (κ3) is 3.41. The first-order chi connectivity index (χ1) is 12.3. The highest BCUT2D eigenvalue weighted by atomic mass is 35.5. The summed E-state index contributed by atoms with van der Waals surface area (Å²) >= 11 is 6.15. The summed E-state index contributed by atoms with van der Waals surface area (Å²) in [6.45, 7) is 3.10. The van der Waals surface area contributed by atoms with Gasteiger partial charge < -0.3 is 13.7 Å². The molecule has 0 bridgehead atoms. The minimum absolute atomic E-state index is 0.124. The van der Waals surface area contributed by atoms with Crippen LogP contribution >= 0.6 is 11.6 Å². The summed E-state index contributed by atoms with van der Waals surface area (Å²) in [5.74, 6) is -0.740. The maximum atomic E-state index is 12.3. The van der Waals surface area contributed by atoms with Gasteiger partial charge >= 0.3 is 11.6 Å². The van der Waals surface area contributed by atoms with Crippen molar-refractivity contribution < 1.29 is 18.7 Å². The number of Topliss-reactive ketones (excluding diaryl/α,β-unsaturated/α-hetero) is 1. The third-order valence-electron chi connectivity index (χ3n) is 4.09. The Kier molecular flexibility index (Phi) is 4.70. The fourth-order valence-electron chi connectivity index (χ4n) is 2.64. The van der Waals surface area contributed by atoms with Crippen molar-refractivity contribution in [2.45, 2.75) is 20.5 Å². The molecule has 0 radical (unpaired) electrons. The second-order valence-electron chi connectivity index (χ2n) is 6.05. The molecular formula is C19H16ClNO5. The van der Waals surface area contributed by atoms with Crippen LogP contribution in [0.5, 0.6) is 0 Å². The van der Waals surface area contributed by atoms with Gasteiger partial charge in [-0.15, -0.1) is 0 Å². The fraction of sp³-hybridized carbons (Fsp3) is 0.211. The number of carbonyl (C=O) groups excluding carboxylic acids is 2. The van der Waals surface area contributed by atoms with E-state index in [9.17, 15) is 14.4 Å². The first-order valence-electron chi connectivity index (χ1n) is 7.83. The molecule has 26 heavy (non-hydrogen) atoms. The molecule has 0 saturated heterocycles. The van der Waals surface area contributed by atoms with E-state index in [1.807, 2.05) is 0 Å². The van der Waals surface area contributed by atoms with Gasteiger partial charge in [-0.1, -0.05) is 11.6 Å². The van der Waals surface area contributed by atoms with E-state index in [2.05, 4.69) is 0 Å². The molecule has 0 spiro atoms. The van der Waals surface area contributed by atoms with Gasteiger partial charge in [-0.25, -0.2) is 9.59 Å². The maximum Gasteiger partial charge on any atom is 0.355 e. The Morgan fingerprint density at radius 2 is 1.96 bits per heavy atom. The number of benzene rings is 1. The molecule has 134 valence electrons. The summed E-state index contributed by atoms with van der Waals surface area (Å²) in [6, 6.07) is 6.09. The van der Waals surface area contributed by atoms with Crippen molar-refractivity contribution in [3.63, 3.8) is 0 Å². The molecule has 3 rings (SSSR count). The van der Waals surface area contributed by atoms with E-state index in [1.165, 1.54) is 23.6 Å². The van der Waals surface area contributed by atoms with E-state index in [0.29, 0.717) is 27.1 Å². The maximum absolute atomic E-state index is 12.3. The van der Waals surface area contributed by atoms with Crippen molar-refractivity contribution in [3.8, 4) is 0 Å². The van der Waals surface area contributed by atoms with Gasteiger partial charge in [0.15, 0.2) is 5.78 Å². The lowest BCUT2D eigenvalue weighted by atomic mass is 10.1. The van der Waals surface area contributed by atoms with Crippen LogP contribution in [0.3, 0.4) is 0 Å². The van der Waals surface area contributed by atoms with Crippen LogP contribution in [0.4, 0.5) is 0 Å². The number of ether oxygens (including phenoxy) is 1. The van der Waals surface area contributed by atoms with Crippen LogP contribution < -0.4 is 5.63 Å². The van der Waals surface area contributed by atoms with Crippen molar-refractivity contribution in [1.82, 2.24) is 4.57 Å². The predicted octanol–water partition coefficient (Wildman–Crippen LogP) is 3.65. The molecule has 1 aromatic carbocycles. The molecule has 0 unspecified atom stereocenters. The number of esters is 1. The molecule has 2 heterocycles. The van der Waals surface area contributed by atoms with E-state index in [4.69, 9.17) is 20.8 Å². The highest BCUT2D eigenvalue weighted by molar-refractivity contribution is 6.32. The average molecular weight is 374 g/mol. The van der Waals surface area contributed by atoms with E-state index < -0.39 is 11.6 Å². The van der Waals surface area contributed by atoms with Crippen LogP contribution in [-0.4, -0.2) is 16.3 Å². The quantitative estimate of drug-likeness (QED) is 0.396. The third-order valence-corrected chi connectivity index (χ3v) is 4.50. The van der Waals surface area contributed by atoms with Crippen molar-refractivity contribution >= 4 is 34.3 Å². The van der Waals surface area contributed by atoms with Gasteiger partial charge in [-0.05, 0) is 37.6 Å². The molecule has 2 aromatic heterocycles. The Balaban J connectivity index is 1.90. The van der Waals surface area contributed by atoms with Crippen molar-refractivity contribution in [3.05, 3.63) is 68.3 Å². The number of ketones is 1. The van der Waals surface area contributed by atoms with Gasteiger partial charge in [0.1, 0.15) is 17.9 Å². The molecule has 7 heteroatoms.